The number of aromatic amines is 2. The van der Waals surface area contributed by atoms with Gasteiger partial charge in [0.1, 0.15) is 17.2 Å². The zero-order valence-electron chi connectivity index (χ0n) is 31.2. The molecule has 53 heavy (non-hydrogen) atoms. The number of H-pyrrole nitrogens is 2. The number of primary amides is 1. The largest absolute Gasteiger partial charge is 0.453 e. The number of rotatable bonds is 9. The number of amides is 4. The average Bonchev–Trinajstić information content (AvgIpc) is 3.94. The summed E-state index contributed by atoms with van der Waals surface area (Å²) in [5.74, 6) is 0.871. The molecular weight excluding hydrogens is 676 g/mol. The lowest BCUT2D eigenvalue weighted by molar-refractivity contribution is -0.151. The number of carbonyl (C=O) groups excluding carboxylic acids is 4. The Balaban J connectivity index is 1.13. The number of alkyl carbamates (subject to hydrolysis) is 1. The first-order chi connectivity index (χ1) is 25.1. The minimum absolute atomic E-state index is 0.0123. The smallest absolute Gasteiger partial charge is 0.407 e. The number of aromatic nitrogens is 4. The minimum Gasteiger partial charge on any atom is -0.453 e. The molecule has 14 nitrogen and oxygen atoms in total. The Kier molecular flexibility index (Phi) is 10.1. The van der Waals surface area contributed by atoms with Crippen LogP contribution in [0.5, 0.6) is 0 Å². The van der Waals surface area contributed by atoms with Gasteiger partial charge in [0.15, 0.2) is 5.60 Å². The fourth-order valence-electron chi connectivity index (χ4n) is 7.47. The molecule has 4 aromatic rings. The van der Waals surface area contributed by atoms with Crippen molar-refractivity contribution in [2.45, 2.75) is 103 Å². The molecular formula is C39H48N8O6. The standard InChI is InChI=1S/C39H48N8O6/c1-22-8-18-30(46(22)34(48)38(3,4)45-37(51)52-7)32-41-20-28(43-32)26-14-10-24(11-15-26)25-12-16-27(17-13-25)29-21-42-33(44-29)31-19-9-23(2)47(31)35(49)39(5,6)53-36(40)50/h10-17,20-23,30-31H,8-9,18-19H2,1-7H3,(H2,40,50)(H,41,43)(H,42,44)(H,45,51)/t22-,23-,30-,31-/m0/s1. The molecule has 0 spiro atoms. The fourth-order valence-corrected chi connectivity index (χ4v) is 7.47. The van der Waals surface area contributed by atoms with Crippen molar-refractivity contribution < 1.29 is 28.7 Å². The van der Waals surface area contributed by atoms with E-state index in [0.29, 0.717) is 11.6 Å². The van der Waals surface area contributed by atoms with Gasteiger partial charge in [0.2, 0.25) is 5.91 Å². The molecule has 0 saturated carbocycles. The summed E-state index contributed by atoms with van der Waals surface area (Å²) in [5, 5.41) is 2.65. The number of hydrogen-bond acceptors (Lipinski definition) is 8. The summed E-state index contributed by atoms with van der Waals surface area (Å²) in [6.45, 7) is 10.4. The minimum atomic E-state index is -1.39. The molecule has 2 aromatic heterocycles. The zero-order chi connectivity index (χ0) is 38.2. The number of methoxy groups -OCH3 is 1. The number of likely N-dealkylation sites (tertiary alicyclic amines) is 2. The normalized spacial score (nSPS) is 20.4. The summed E-state index contributed by atoms with van der Waals surface area (Å²) in [6.07, 6.45) is 5.02. The highest BCUT2D eigenvalue weighted by Crippen LogP contribution is 2.39. The van der Waals surface area contributed by atoms with Crippen molar-refractivity contribution >= 4 is 24.0 Å². The molecule has 4 heterocycles. The van der Waals surface area contributed by atoms with Crippen LogP contribution < -0.4 is 11.1 Å². The van der Waals surface area contributed by atoms with Crippen LogP contribution in [0.15, 0.2) is 60.9 Å². The van der Waals surface area contributed by atoms with Gasteiger partial charge in [-0.2, -0.15) is 0 Å². The monoisotopic (exact) mass is 724 g/mol. The van der Waals surface area contributed by atoms with E-state index >= 15 is 0 Å². The van der Waals surface area contributed by atoms with Gasteiger partial charge < -0.3 is 40.3 Å². The van der Waals surface area contributed by atoms with E-state index in [4.69, 9.17) is 15.2 Å². The van der Waals surface area contributed by atoms with Crippen LogP contribution >= 0.6 is 0 Å². The topological polar surface area (TPSA) is 189 Å². The Bertz CT molecular complexity index is 1980. The van der Waals surface area contributed by atoms with Gasteiger partial charge in [-0.05, 0) is 89.5 Å². The lowest BCUT2D eigenvalue weighted by Crippen LogP contribution is -2.57. The van der Waals surface area contributed by atoms with Crippen molar-refractivity contribution in [3.05, 3.63) is 72.6 Å². The maximum atomic E-state index is 13.6. The molecule has 280 valence electrons. The highest BCUT2D eigenvalue weighted by Gasteiger charge is 2.45. The van der Waals surface area contributed by atoms with Crippen molar-refractivity contribution in [3.63, 3.8) is 0 Å². The van der Waals surface area contributed by atoms with Gasteiger partial charge in [0, 0.05) is 12.1 Å². The fraction of sp³-hybridized carbons (Fsp3) is 0.436. The molecule has 2 saturated heterocycles. The first-order valence-electron chi connectivity index (χ1n) is 17.9. The molecule has 14 heteroatoms. The molecule has 0 aliphatic carbocycles. The van der Waals surface area contributed by atoms with E-state index in [1.54, 1.807) is 45.0 Å². The van der Waals surface area contributed by atoms with Gasteiger partial charge in [0.05, 0.1) is 43.0 Å². The van der Waals surface area contributed by atoms with Crippen molar-refractivity contribution in [2.75, 3.05) is 7.11 Å². The van der Waals surface area contributed by atoms with Crippen molar-refractivity contribution in [1.82, 2.24) is 35.1 Å². The second kappa shape index (κ2) is 14.4. The van der Waals surface area contributed by atoms with Gasteiger partial charge in [0.25, 0.3) is 5.91 Å². The highest BCUT2D eigenvalue weighted by molar-refractivity contribution is 5.90. The van der Waals surface area contributed by atoms with Gasteiger partial charge in [-0.15, -0.1) is 0 Å². The number of carbonyl (C=O) groups is 4. The lowest BCUT2D eigenvalue weighted by Gasteiger charge is -2.35. The maximum absolute atomic E-state index is 13.6. The summed E-state index contributed by atoms with van der Waals surface area (Å²) < 4.78 is 9.87. The summed E-state index contributed by atoms with van der Waals surface area (Å²) in [6, 6.07) is 15.8. The number of benzene rings is 2. The number of nitrogens with one attached hydrogen (secondary N) is 3. The van der Waals surface area contributed by atoms with E-state index in [2.05, 4.69) is 49.5 Å². The van der Waals surface area contributed by atoms with Crippen LogP contribution in [0.2, 0.25) is 0 Å². The first kappa shape index (κ1) is 37.1. The molecule has 2 fully saturated rings. The van der Waals surface area contributed by atoms with Crippen LogP contribution in [-0.4, -0.2) is 84.1 Å². The highest BCUT2D eigenvalue weighted by atomic mass is 16.6. The number of hydrogen-bond donors (Lipinski definition) is 4. The van der Waals surface area contributed by atoms with Crippen LogP contribution in [0.3, 0.4) is 0 Å². The molecule has 0 radical (unpaired) electrons. The lowest BCUT2D eigenvalue weighted by atomic mass is 10.0. The predicted molar refractivity (Wildman–Crippen MR) is 198 cm³/mol. The van der Waals surface area contributed by atoms with E-state index in [1.807, 2.05) is 43.0 Å². The molecule has 0 bridgehead atoms. The maximum Gasteiger partial charge on any atom is 0.407 e. The van der Waals surface area contributed by atoms with E-state index < -0.39 is 23.3 Å². The number of nitrogens with zero attached hydrogens (tertiary/aromatic N) is 4. The molecule has 2 aliphatic heterocycles. The zero-order valence-corrected chi connectivity index (χ0v) is 31.2. The SMILES string of the molecule is COC(=O)NC(C)(C)C(=O)N1[C@@H](C)CC[C@H]1c1ncc(-c2ccc(-c3ccc(-c4cnc([C@@H]5CC[C@H](C)N5C(=O)C(C)(C)OC(N)=O)[nH]4)cc3)cc2)[nH]1. The van der Waals surface area contributed by atoms with Crippen molar-refractivity contribution in [2.24, 2.45) is 5.73 Å². The number of ether oxygens (including phenoxy) is 2. The third-order valence-electron chi connectivity index (χ3n) is 10.4. The molecule has 5 N–H and O–H groups in total. The van der Waals surface area contributed by atoms with Crippen LogP contribution in [0.4, 0.5) is 9.59 Å². The second-order valence-electron chi connectivity index (χ2n) is 15.0. The first-order valence-corrected chi connectivity index (χ1v) is 17.9. The van der Waals surface area contributed by atoms with E-state index in [1.165, 1.54) is 7.11 Å². The van der Waals surface area contributed by atoms with Gasteiger partial charge in [-0.1, -0.05) is 48.5 Å². The average molecular weight is 725 g/mol. The Labute approximate surface area is 308 Å². The summed E-state index contributed by atoms with van der Waals surface area (Å²) in [4.78, 5) is 70.1. The molecule has 2 aromatic carbocycles. The molecule has 6 rings (SSSR count). The summed E-state index contributed by atoms with van der Waals surface area (Å²) in [7, 11) is 1.27. The molecule has 4 atom stereocenters. The Hall–Kier alpha value is -5.66. The number of nitrogens with two attached hydrogens (primary N) is 1. The van der Waals surface area contributed by atoms with Crippen LogP contribution in [-0.2, 0) is 19.1 Å². The Morgan fingerprint density at radius 3 is 1.55 bits per heavy atom. The third kappa shape index (κ3) is 7.48. The van der Waals surface area contributed by atoms with Crippen molar-refractivity contribution in [1.29, 1.82) is 0 Å². The second-order valence-corrected chi connectivity index (χ2v) is 15.0. The molecule has 4 amide bonds. The molecule has 2 aliphatic rings. The quantitative estimate of drug-likeness (QED) is 0.156. The van der Waals surface area contributed by atoms with E-state index in [0.717, 1.165) is 59.3 Å². The van der Waals surface area contributed by atoms with Gasteiger partial charge >= 0.3 is 12.2 Å². The Morgan fingerprint density at radius 1 is 0.717 bits per heavy atom. The van der Waals surface area contributed by atoms with Crippen molar-refractivity contribution in [3.8, 4) is 33.6 Å². The Morgan fingerprint density at radius 2 is 1.13 bits per heavy atom. The summed E-state index contributed by atoms with van der Waals surface area (Å²) in [5.41, 5.74) is 8.36. The third-order valence-corrected chi connectivity index (χ3v) is 10.4. The van der Waals surface area contributed by atoms with Crippen LogP contribution in [0.1, 0.15) is 91.0 Å². The summed E-state index contributed by atoms with van der Waals surface area (Å²) >= 11 is 0. The predicted octanol–water partition coefficient (Wildman–Crippen LogP) is 6.25. The van der Waals surface area contributed by atoms with Gasteiger partial charge in [-0.3, -0.25) is 9.59 Å². The van der Waals surface area contributed by atoms with E-state index in [9.17, 15) is 19.2 Å². The van der Waals surface area contributed by atoms with Gasteiger partial charge in [-0.25, -0.2) is 19.6 Å². The molecule has 0 unspecified atom stereocenters. The number of imidazole rings is 2. The van der Waals surface area contributed by atoms with Crippen LogP contribution in [0, 0.1) is 0 Å². The van der Waals surface area contributed by atoms with Crippen LogP contribution in [0.25, 0.3) is 33.6 Å². The van der Waals surface area contributed by atoms with E-state index in [-0.39, 0.29) is 36.0 Å².